The average Bonchev–Trinajstić information content (AvgIpc) is 2.49. The van der Waals surface area contributed by atoms with Gasteiger partial charge in [-0.15, -0.1) is 0 Å². The Morgan fingerprint density at radius 3 is 0.938 bits per heavy atom. The van der Waals surface area contributed by atoms with E-state index in [1.807, 2.05) is 0 Å². The van der Waals surface area contributed by atoms with Gasteiger partial charge in [-0.05, 0) is 62.3 Å². The second kappa shape index (κ2) is 12.5. The Kier molecular flexibility index (Phi) is 11.8. The predicted molar refractivity (Wildman–Crippen MR) is 117 cm³/mol. The van der Waals surface area contributed by atoms with E-state index in [0.29, 0.717) is 0 Å². The number of ether oxygens (including phenoxy) is 6. The van der Waals surface area contributed by atoms with Crippen LogP contribution < -0.4 is 5.73 Å². The summed E-state index contributed by atoms with van der Waals surface area (Å²) < 4.78 is 31.7. The lowest BCUT2D eigenvalue weighted by Crippen LogP contribution is -2.53. The average molecular weight is 464 g/mol. The van der Waals surface area contributed by atoms with Crippen molar-refractivity contribution < 1.29 is 42.8 Å². The minimum atomic E-state index is -1.24. The summed E-state index contributed by atoms with van der Waals surface area (Å²) in [4.78, 5) is 35.5. The van der Waals surface area contributed by atoms with E-state index in [2.05, 4.69) is 0 Å². The molecule has 0 aliphatic rings. The van der Waals surface area contributed by atoms with Crippen LogP contribution in [0.2, 0.25) is 0 Å². The quantitative estimate of drug-likeness (QED) is 0.337. The standard InChI is InChI=1S/C22H41NO9/c1-19(2,3)30-16(24)10-27-13-22(23,14-28-11-17(25)31-20(4,5)6)15-29-12-18(26)32-21(7,8)9/h10-15,23H2,1-9H3. The number of carbonyl (C=O) groups is 3. The minimum Gasteiger partial charge on any atom is -0.458 e. The fraction of sp³-hybridized carbons (Fsp3) is 0.864. The highest BCUT2D eigenvalue weighted by Gasteiger charge is 2.29. The van der Waals surface area contributed by atoms with Crippen LogP contribution in [0, 0.1) is 0 Å². The highest BCUT2D eigenvalue weighted by atomic mass is 16.6. The lowest BCUT2D eigenvalue weighted by molar-refractivity contribution is -0.163. The summed E-state index contributed by atoms with van der Waals surface area (Å²) in [5.41, 5.74) is 3.13. The maximum Gasteiger partial charge on any atom is 0.332 e. The van der Waals surface area contributed by atoms with Gasteiger partial charge in [0.2, 0.25) is 0 Å². The van der Waals surface area contributed by atoms with E-state index in [-0.39, 0.29) is 39.6 Å². The fourth-order valence-electron chi connectivity index (χ4n) is 2.25. The van der Waals surface area contributed by atoms with Crippen molar-refractivity contribution in [2.45, 2.75) is 84.7 Å². The van der Waals surface area contributed by atoms with Crippen LogP contribution in [0.5, 0.6) is 0 Å². The van der Waals surface area contributed by atoms with Gasteiger partial charge in [0.25, 0.3) is 0 Å². The van der Waals surface area contributed by atoms with E-state index in [1.165, 1.54) is 0 Å². The van der Waals surface area contributed by atoms with Crippen molar-refractivity contribution in [2.75, 3.05) is 39.6 Å². The lowest BCUT2D eigenvalue weighted by atomic mass is 10.1. The SMILES string of the molecule is CC(C)(C)OC(=O)COCC(N)(COCC(=O)OC(C)(C)C)COCC(=O)OC(C)(C)C. The Hall–Kier alpha value is -1.75. The number of hydrogen-bond donors (Lipinski definition) is 1. The van der Waals surface area contributed by atoms with Crippen LogP contribution in [-0.2, 0) is 42.8 Å². The molecule has 0 aromatic heterocycles. The zero-order valence-electron chi connectivity index (χ0n) is 21.0. The Bertz CT molecular complexity index is 529. The number of hydrogen-bond acceptors (Lipinski definition) is 10. The smallest absolute Gasteiger partial charge is 0.332 e. The van der Waals surface area contributed by atoms with Gasteiger partial charge in [0.1, 0.15) is 36.6 Å². The zero-order chi connectivity index (χ0) is 25.2. The molecule has 10 nitrogen and oxygen atoms in total. The van der Waals surface area contributed by atoms with Crippen LogP contribution in [0.3, 0.4) is 0 Å². The van der Waals surface area contributed by atoms with Gasteiger partial charge in [-0.1, -0.05) is 0 Å². The molecule has 0 amide bonds. The van der Waals surface area contributed by atoms with Crippen molar-refractivity contribution in [3.05, 3.63) is 0 Å². The molecule has 0 saturated carbocycles. The first-order chi connectivity index (χ1) is 14.3. The third kappa shape index (κ3) is 17.9. The molecule has 0 aliphatic carbocycles. The van der Waals surface area contributed by atoms with Crippen molar-refractivity contribution in [3.8, 4) is 0 Å². The third-order valence-electron chi connectivity index (χ3n) is 3.09. The van der Waals surface area contributed by atoms with E-state index in [9.17, 15) is 14.4 Å². The Balaban J connectivity index is 4.79. The molecule has 0 fully saturated rings. The monoisotopic (exact) mass is 463 g/mol. The molecule has 188 valence electrons. The van der Waals surface area contributed by atoms with Crippen LogP contribution in [0.15, 0.2) is 0 Å². The molecule has 0 rings (SSSR count). The minimum absolute atomic E-state index is 0.144. The maximum atomic E-state index is 11.8. The van der Waals surface area contributed by atoms with Gasteiger partial charge < -0.3 is 34.2 Å². The zero-order valence-corrected chi connectivity index (χ0v) is 21.0. The second-order valence-corrected chi connectivity index (χ2v) is 10.6. The van der Waals surface area contributed by atoms with E-state index in [0.717, 1.165) is 0 Å². The molecule has 0 spiro atoms. The first kappa shape index (κ1) is 30.2. The van der Waals surface area contributed by atoms with Crippen LogP contribution in [0.4, 0.5) is 0 Å². The summed E-state index contributed by atoms with van der Waals surface area (Å²) in [6, 6.07) is 0. The molecular weight excluding hydrogens is 422 g/mol. The van der Waals surface area contributed by atoms with Crippen molar-refractivity contribution >= 4 is 17.9 Å². The molecule has 0 radical (unpaired) electrons. The number of nitrogens with two attached hydrogens (primary N) is 1. The highest BCUT2D eigenvalue weighted by Crippen LogP contribution is 2.11. The molecule has 32 heavy (non-hydrogen) atoms. The maximum absolute atomic E-state index is 11.8. The van der Waals surface area contributed by atoms with E-state index in [1.54, 1.807) is 62.3 Å². The predicted octanol–water partition coefficient (Wildman–Crippen LogP) is 1.76. The highest BCUT2D eigenvalue weighted by molar-refractivity contribution is 5.71. The topological polar surface area (TPSA) is 133 Å². The van der Waals surface area contributed by atoms with Crippen LogP contribution in [0.25, 0.3) is 0 Å². The third-order valence-corrected chi connectivity index (χ3v) is 3.09. The Labute approximate surface area is 191 Å². The first-order valence-corrected chi connectivity index (χ1v) is 10.5. The molecule has 0 atom stereocenters. The molecular formula is C22H41NO9. The van der Waals surface area contributed by atoms with Crippen LogP contribution in [-0.4, -0.2) is 79.9 Å². The Morgan fingerprint density at radius 2 is 0.750 bits per heavy atom. The van der Waals surface area contributed by atoms with Crippen LogP contribution >= 0.6 is 0 Å². The molecule has 2 N–H and O–H groups in total. The van der Waals surface area contributed by atoms with Gasteiger partial charge in [-0.3, -0.25) is 0 Å². The fourth-order valence-corrected chi connectivity index (χ4v) is 2.25. The van der Waals surface area contributed by atoms with Crippen LogP contribution in [0.1, 0.15) is 62.3 Å². The van der Waals surface area contributed by atoms with E-state index < -0.39 is 40.2 Å². The second-order valence-electron chi connectivity index (χ2n) is 10.6. The summed E-state index contributed by atoms with van der Waals surface area (Å²) in [6.45, 7) is 14.3. The number of carbonyl (C=O) groups excluding carboxylic acids is 3. The Morgan fingerprint density at radius 1 is 0.531 bits per heavy atom. The van der Waals surface area contributed by atoms with E-state index >= 15 is 0 Å². The van der Waals surface area contributed by atoms with Gasteiger partial charge in [0.05, 0.1) is 25.4 Å². The number of esters is 3. The molecule has 10 heteroatoms. The number of rotatable bonds is 12. The lowest BCUT2D eigenvalue weighted by Gasteiger charge is -2.29. The van der Waals surface area contributed by atoms with E-state index in [4.69, 9.17) is 34.2 Å². The first-order valence-electron chi connectivity index (χ1n) is 10.5. The van der Waals surface area contributed by atoms with Crippen molar-refractivity contribution in [1.82, 2.24) is 0 Å². The molecule has 0 aliphatic heterocycles. The van der Waals surface area contributed by atoms with Crippen molar-refractivity contribution in [1.29, 1.82) is 0 Å². The van der Waals surface area contributed by atoms with Gasteiger partial charge in [0.15, 0.2) is 0 Å². The van der Waals surface area contributed by atoms with Gasteiger partial charge in [-0.25, -0.2) is 14.4 Å². The molecule has 0 heterocycles. The molecule has 0 bridgehead atoms. The van der Waals surface area contributed by atoms with Gasteiger partial charge >= 0.3 is 17.9 Å². The van der Waals surface area contributed by atoms with Gasteiger partial charge in [0, 0.05) is 0 Å². The van der Waals surface area contributed by atoms with Crippen molar-refractivity contribution in [3.63, 3.8) is 0 Å². The summed E-state index contributed by atoms with van der Waals surface area (Å²) in [5, 5.41) is 0. The molecule has 0 aromatic carbocycles. The molecule has 0 saturated heterocycles. The largest absolute Gasteiger partial charge is 0.458 e. The summed E-state index contributed by atoms with van der Waals surface area (Å²) in [6.07, 6.45) is 0. The molecule has 0 unspecified atom stereocenters. The normalized spacial score (nSPS) is 12.9. The summed E-state index contributed by atoms with van der Waals surface area (Å²) >= 11 is 0. The molecule has 0 aromatic rings. The summed E-state index contributed by atoms with van der Waals surface area (Å²) in [7, 11) is 0. The van der Waals surface area contributed by atoms with Crippen molar-refractivity contribution in [2.24, 2.45) is 5.73 Å². The summed E-state index contributed by atoms with van der Waals surface area (Å²) in [5.74, 6) is -1.66. The van der Waals surface area contributed by atoms with Gasteiger partial charge in [-0.2, -0.15) is 0 Å².